The minimum absolute atomic E-state index is 0.147. The summed E-state index contributed by atoms with van der Waals surface area (Å²) in [6.07, 6.45) is 0.147. The molecule has 0 saturated carbocycles. The molecule has 20 heavy (non-hydrogen) atoms. The van der Waals surface area contributed by atoms with E-state index in [9.17, 15) is 0 Å². The zero-order chi connectivity index (χ0) is 14.6. The van der Waals surface area contributed by atoms with E-state index in [2.05, 4.69) is 41.2 Å². The van der Waals surface area contributed by atoms with Crippen molar-refractivity contribution in [3.05, 3.63) is 5.89 Å². The topological polar surface area (TPSA) is 72.7 Å². The second-order valence-corrected chi connectivity index (χ2v) is 5.72. The lowest BCUT2D eigenvalue weighted by atomic mass is 10.1. The van der Waals surface area contributed by atoms with Gasteiger partial charge in [-0.2, -0.15) is 0 Å². The summed E-state index contributed by atoms with van der Waals surface area (Å²) in [6.45, 7) is 9.68. The molecule has 1 aliphatic heterocycles. The molecule has 1 atom stereocenters. The summed E-state index contributed by atoms with van der Waals surface area (Å²) < 4.78 is 16.5. The van der Waals surface area contributed by atoms with Gasteiger partial charge in [-0.1, -0.05) is 5.10 Å². The first-order valence-electron chi connectivity index (χ1n) is 6.95. The lowest BCUT2D eigenvalue weighted by molar-refractivity contribution is -0.0761. The van der Waals surface area contributed by atoms with E-state index in [0.717, 1.165) is 19.6 Å². The molecular formula is C13H24N4O3. The third kappa shape index (κ3) is 4.16. The van der Waals surface area contributed by atoms with Crippen LogP contribution in [0.5, 0.6) is 0 Å². The Kier molecular flexibility index (Phi) is 4.95. The molecule has 1 fully saturated rings. The van der Waals surface area contributed by atoms with E-state index < -0.39 is 0 Å². The van der Waals surface area contributed by atoms with Crippen LogP contribution in [0.1, 0.15) is 26.7 Å². The van der Waals surface area contributed by atoms with Gasteiger partial charge in [0, 0.05) is 20.2 Å². The van der Waals surface area contributed by atoms with E-state index in [0.29, 0.717) is 25.1 Å². The van der Waals surface area contributed by atoms with Gasteiger partial charge in [-0.05, 0) is 20.8 Å². The van der Waals surface area contributed by atoms with Gasteiger partial charge in [0.1, 0.15) is 0 Å². The van der Waals surface area contributed by atoms with Gasteiger partial charge in [-0.15, -0.1) is 5.10 Å². The van der Waals surface area contributed by atoms with Gasteiger partial charge >= 0.3 is 6.01 Å². The predicted molar refractivity (Wildman–Crippen MR) is 74.7 cm³/mol. The van der Waals surface area contributed by atoms with Crippen molar-refractivity contribution in [2.75, 3.05) is 38.3 Å². The molecule has 0 aliphatic carbocycles. The van der Waals surface area contributed by atoms with Crippen LogP contribution in [0.25, 0.3) is 0 Å². The third-order valence-corrected chi connectivity index (χ3v) is 3.06. The van der Waals surface area contributed by atoms with Gasteiger partial charge in [0.15, 0.2) is 0 Å². The quantitative estimate of drug-likeness (QED) is 0.775. The highest BCUT2D eigenvalue weighted by Gasteiger charge is 2.33. The Balaban J connectivity index is 1.91. The molecule has 1 unspecified atom stereocenters. The van der Waals surface area contributed by atoms with Gasteiger partial charge < -0.3 is 24.1 Å². The first kappa shape index (κ1) is 15.2. The Morgan fingerprint density at radius 2 is 2.25 bits per heavy atom. The van der Waals surface area contributed by atoms with E-state index in [4.69, 9.17) is 13.9 Å². The SMILES string of the molecule is COCCNCc1nnc(N2CC(C)OC(C)(C)C2)o1. The number of methoxy groups -OCH3 is 1. The second-order valence-electron chi connectivity index (χ2n) is 5.72. The zero-order valence-electron chi connectivity index (χ0n) is 12.7. The fourth-order valence-corrected chi connectivity index (χ4v) is 2.41. The number of aromatic nitrogens is 2. The first-order valence-corrected chi connectivity index (χ1v) is 6.95. The number of rotatable bonds is 6. The average molecular weight is 284 g/mol. The Hall–Kier alpha value is -1.18. The summed E-state index contributed by atoms with van der Waals surface area (Å²) in [5.74, 6) is 0.591. The predicted octanol–water partition coefficient (Wildman–Crippen LogP) is 0.809. The molecule has 2 rings (SSSR count). The van der Waals surface area contributed by atoms with Crippen LogP contribution >= 0.6 is 0 Å². The minimum atomic E-state index is -0.205. The summed E-state index contributed by atoms with van der Waals surface area (Å²) in [6, 6.07) is 0.566. The summed E-state index contributed by atoms with van der Waals surface area (Å²) in [5.41, 5.74) is -0.205. The van der Waals surface area contributed by atoms with Gasteiger partial charge in [0.25, 0.3) is 0 Å². The van der Waals surface area contributed by atoms with E-state index >= 15 is 0 Å². The van der Waals surface area contributed by atoms with Crippen molar-refractivity contribution in [2.45, 2.75) is 39.0 Å². The van der Waals surface area contributed by atoms with E-state index in [1.807, 2.05) is 0 Å². The molecule has 1 N–H and O–H groups in total. The molecule has 1 aromatic rings. The van der Waals surface area contributed by atoms with Crippen LogP contribution in [0.3, 0.4) is 0 Å². The zero-order valence-corrected chi connectivity index (χ0v) is 12.7. The van der Waals surface area contributed by atoms with Crippen molar-refractivity contribution in [2.24, 2.45) is 0 Å². The van der Waals surface area contributed by atoms with E-state index in [-0.39, 0.29) is 11.7 Å². The molecular weight excluding hydrogens is 260 g/mol. The Labute approximate surface area is 119 Å². The fourth-order valence-electron chi connectivity index (χ4n) is 2.41. The van der Waals surface area contributed by atoms with Gasteiger partial charge in [0.05, 0.1) is 31.4 Å². The van der Waals surface area contributed by atoms with Crippen molar-refractivity contribution in [3.63, 3.8) is 0 Å². The minimum Gasteiger partial charge on any atom is -0.407 e. The molecule has 1 aromatic heterocycles. The van der Waals surface area contributed by atoms with Crippen LogP contribution in [-0.2, 0) is 16.0 Å². The lowest BCUT2D eigenvalue weighted by Crippen LogP contribution is -2.52. The molecule has 0 spiro atoms. The average Bonchev–Trinajstić information content (AvgIpc) is 2.81. The molecule has 0 radical (unpaired) electrons. The molecule has 2 heterocycles. The number of ether oxygens (including phenoxy) is 2. The Morgan fingerprint density at radius 1 is 1.45 bits per heavy atom. The van der Waals surface area contributed by atoms with Crippen LogP contribution < -0.4 is 10.2 Å². The maximum Gasteiger partial charge on any atom is 0.318 e. The largest absolute Gasteiger partial charge is 0.407 e. The van der Waals surface area contributed by atoms with Gasteiger partial charge in [-0.25, -0.2) is 0 Å². The first-order chi connectivity index (χ1) is 9.50. The number of anilines is 1. The number of nitrogens with one attached hydrogen (secondary N) is 1. The Morgan fingerprint density at radius 3 is 2.95 bits per heavy atom. The molecule has 114 valence electrons. The van der Waals surface area contributed by atoms with Crippen molar-refractivity contribution in [1.29, 1.82) is 0 Å². The highest BCUT2D eigenvalue weighted by molar-refractivity contribution is 5.26. The summed E-state index contributed by atoms with van der Waals surface area (Å²) in [7, 11) is 1.67. The van der Waals surface area contributed by atoms with Crippen molar-refractivity contribution in [3.8, 4) is 0 Å². The van der Waals surface area contributed by atoms with E-state index in [1.165, 1.54) is 0 Å². The standard InChI is InChI=1S/C13H24N4O3/c1-10-8-17(9-13(2,3)20-10)12-16-15-11(19-12)7-14-5-6-18-4/h10,14H,5-9H2,1-4H3. The monoisotopic (exact) mass is 284 g/mol. The van der Waals surface area contributed by atoms with Gasteiger partial charge in [0.2, 0.25) is 5.89 Å². The second kappa shape index (κ2) is 6.51. The highest BCUT2D eigenvalue weighted by atomic mass is 16.5. The number of hydrogen-bond donors (Lipinski definition) is 1. The maximum atomic E-state index is 5.87. The highest BCUT2D eigenvalue weighted by Crippen LogP contribution is 2.24. The van der Waals surface area contributed by atoms with Crippen LogP contribution in [0.15, 0.2) is 4.42 Å². The molecule has 7 heteroatoms. The van der Waals surface area contributed by atoms with Gasteiger partial charge in [-0.3, -0.25) is 0 Å². The molecule has 0 bridgehead atoms. The van der Waals surface area contributed by atoms with Crippen molar-refractivity contribution in [1.82, 2.24) is 15.5 Å². The molecule has 0 aromatic carbocycles. The third-order valence-electron chi connectivity index (χ3n) is 3.06. The summed E-state index contributed by atoms with van der Waals surface area (Å²) in [5, 5.41) is 11.4. The molecule has 1 aliphatic rings. The summed E-state index contributed by atoms with van der Waals surface area (Å²) >= 11 is 0. The molecule has 1 saturated heterocycles. The van der Waals surface area contributed by atoms with Crippen LogP contribution in [-0.4, -0.2) is 55.3 Å². The normalized spacial score (nSPS) is 22.2. The van der Waals surface area contributed by atoms with Crippen LogP contribution in [0.4, 0.5) is 6.01 Å². The van der Waals surface area contributed by atoms with Crippen molar-refractivity contribution < 1.29 is 13.9 Å². The van der Waals surface area contributed by atoms with E-state index in [1.54, 1.807) is 7.11 Å². The maximum absolute atomic E-state index is 5.87. The number of nitrogens with zero attached hydrogens (tertiary/aromatic N) is 3. The van der Waals surface area contributed by atoms with Crippen molar-refractivity contribution >= 4 is 6.01 Å². The smallest absolute Gasteiger partial charge is 0.318 e. The van der Waals surface area contributed by atoms with Crippen LogP contribution in [0, 0.1) is 0 Å². The lowest BCUT2D eigenvalue weighted by Gasteiger charge is -2.40. The Bertz CT molecular complexity index is 422. The molecule has 0 amide bonds. The summed E-state index contributed by atoms with van der Waals surface area (Å²) in [4.78, 5) is 2.08. The number of hydrogen-bond acceptors (Lipinski definition) is 7. The molecule has 7 nitrogen and oxygen atoms in total. The number of morpholine rings is 1. The van der Waals surface area contributed by atoms with Crippen LogP contribution in [0.2, 0.25) is 0 Å². The fraction of sp³-hybridized carbons (Fsp3) is 0.846.